The largest absolute Gasteiger partial charge is 0.369 e. The average molecular weight is 357 g/mol. The molecule has 96 valence electrons. The van der Waals surface area contributed by atoms with Crippen LogP contribution in [0.15, 0.2) is 40.9 Å². The third kappa shape index (κ3) is 2.10. The molecule has 0 amide bonds. The minimum absolute atomic E-state index is 0.354. The Morgan fingerprint density at radius 1 is 1.11 bits per heavy atom. The molecular weight excluding hydrogens is 349 g/mol. The van der Waals surface area contributed by atoms with Crippen molar-refractivity contribution in [1.82, 2.24) is 9.55 Å². The number of benzene rings is 2. The maximum atomic E-state index is 6.27. The Bertz CT molecular complexity index is 783. The molecular formula is C13H8BrCl2N3. The number of halogens is 3. The number of hydrogen-bond donors (Lipinski definition) is 1. The Balaban J connectivity index is 2.36. The lowest BCUT2D eigenvalue weighted by atomic mass is 10.3. The smallest absolute Gasteiger partial charge is 0.206 e. The molecule has 3 aromatic rings. The van der Waals surface area contributed by atoms with E-state index in [1.165, 1.54) is 0 Å². The first-order valence-electron chi connectivity index (χ1n) is 5.46. The van der Waals surface area contributed by atoms with Crippen molar-refractivity contribution in [3.05, 3.63) is 50.9 Å². The molecule has 0 aliphatic carbocycles. The van der Waals surface area contributed by atoms with E-state index in [9.17, 15) is 0 Å². The van der Waals surface area contributed by atoms with Crippen molar-refractivity contribution in [1.29, 1.82) is 0 Å². The Hall–Kier alpha value is -1.23. The van der Waals surface area contributed by atoms with E-state index in [1.807, 2.05) is 30.3 Å². The Labute approximate surface area is 128 Å². The highest BCUT2D eigenvalue weighted by Gasteiger charge is 2.14. The first kappa shape index (κ1) is 12.8. The number of nitrogens with two attached hydrogens (primary N) is 1. The van der Waals surface area contributed by atoms with Crippen LogP contribution in [0.3, 0.4) is 0 Å². The minimum Gasteiger partial charge on any atom is -0.369 e. The first-order valence-corrected chi connectivity index (χ1v) is 7.00. The molecule has 1 heterocycles. The van der Waals surface area contributed by atoms with Crippen molar-refractivity contribution >= 4 is 56.1 Å². The second kappa shape index (κ2) is 4.71. The van der Waals surface area contributed by atoms with Gasteiger partial charge in [-0.1, -0.05) is 45.2 Å². The van der Waals surface area contributed by atoms with Crippen LogP contribution >= 0.6 is 39.1 Å². The predicted octanol–water partition coefficient (Wildman–Crippen LogP) is 4.68. The molecule has 0 saturated carbocycles. The fourth-order valence-electron chi connectivity index (χ4n) is 2.00. The topological polar surface area (TPSA) is 43.8 Å². The van der Waals surface area contributed by atoms with Crippen molar-refractivity contribution in [3.8, 4) is 5.69 Å². The van der Waals surface area contributed by atoms with Crippen LogP contribution in [-0.4, -0.2) is 9.55 Å². The molecule has 0 unspecified atom stereocenters. The van der Waals surface area contributed by atoms with E-state index in [2.05, 4.69) is 20.9 Å². The standard InChI is InChI=1S/C13H8BrCl2N3/c14-7-4-5-10(9(16)6-7)19-11-3-1-2-8(15)12(11)18-13(19)17/h1-6H,(H2,17,18). The van der Waals surface area contributed by atoms with Crippen LogP contribution in [-0.2, 0) is 0 Å². The second-order valence-electron chi connectivity index (χ2n) is 4.01. The van der Waals surface area contributed by atoms with Gasteiger partial charge >= 0.3 is 0 Å². The molecule has 1 aromatic heterocycles. The number of imidazole rings is 1. The predicted molar refractivity (Wildman–Crippen MR) is 83.2 cm³/mol. The molecule has 0 atom stereocenters. The quantitative estimate of drug-likeness (QED) is 0.688. The van der Waals surface area contributed by atoms with Gasteiger partial charge in [0.1, 0.15) is 5.52 Å². The van der Waals surface area contributed by atoms with E-state index in [1.54, 1.807) is 10.6 Å². The SMILES string of the molecule is Nc1nc2c(Cl)cccc2n1-c1ccc(Br)cc1Cl. The summed E-state index contributed by atoms with van der Waals surface area (Å²) in [4.78, 5) is 4.29. The summed E-state index contributed by atoms with van der Waals surface area (Å²) in [7, 11) is 0. The number of aromatic nitrogens is 2. The molecule has 0 radical (unpaired) electrons. The Kier molecular flexibility index (Phi) is 3.17. The van der Waals surface area contributed by atoms with Crippen molar-refractivity contribution < 1.29 is 0 Å². The van der Waals surface area contributed by atoms with Gasteiger partial charge in [-0.15, -0.1) is 0 Å². The zero-order valence-electron chi connectivity index (χ0n) is 9.57. The third-order valence-electron chi connectivity index (χ3n) is 2.81. The Morgan fingerprint density at radius 3 is 2.63 bits per heavy atom. The number of para-hydroxylation sites is 1. The molecule has 3 rings (SSSR count). The van der Waals surface area contributed by atoms with Crippen LogP contribution in [0.4, 0.5) is 5.95 Å². The van der Waals surface area contributed by atoms with Gasteiger partial charge in [0.05, 0.1) is 21.2 Å². The van der Waals surface area contributed by atoms with E-state index in [-0.39, 0.29) is 0 Å². The fraction of sp³-hybridized carbons (Fsp3) is 0. The molecule has 2 aromatic carbocycles. The number of nitrogen functional groups attached to an aromatic ring is 1. The molecule has 0 spiro atoms. The van der Waals surface area contributed by atoms with Gasteiger partial charge in [-0.25, -0.2) is 4.98 Å². The summed E-state index contributed by atoms with van der Waals surface area (Å²) in [5.74, 6) is 0.354. The van der Waals surface area contributed by atoms with Gasteiger partial charge < -0.3 is 5.73 Å². The molecule has 0 saturated heterocycles. The van der Waals surface area contributed by atoms with E-state index < -0.39 is 0 Å². The minimum atomic E-state index is 0.354. The highest BCUT2D eigenvalue weighted by molar-refractivity contribution is 9.10. The van der Waals surface area contributed by atoms with Gasteiger partial charge in [0.15, 0.2) is 0 Å². The lowest BCUT2D eigenvalue weighted by molar-refractivity contribution is 1.11. The molecule has 0 aliphatic rings. The van der Waals surface area contributed by atoms with Gasteiger partial charge in [-0.2, -0.15) is 0 Å². The van der Waals surface area contributed by atoms with Gasteiger partial charge in [0.25, 0.3) is 0 Å². The van der Waals surface area contributed by atoms with Crippen molar-refractivity contribution in [2.45, 2.75) is 0 Å². The van der Waals surface area contributed by atoms with Crippen LogP contribution in [0, 0.1) is 0 Å². The molecule has 0 bridgehead atoms. The monoisotopic (exact) mass is 355 g/mol. The van der Waals surface area contributed by atoms with Crippen LogP contribution in [0.25, 0.3) is 16.7 Å². The van der Waals surface area contributed by atoms with Gasteiger partial charge in [0, 0.05) is 4.47 Å². The molecule has 3 nitrogen and oxygen atoms in total. The molecule has 2 N–H and O–H groups in total. The highest BCUT2D eigenvalue weighted by atomic mass is 79.9. The summed E-state index contributed by atoms with van der Waals surface area (Å²) in [6.07, 6.45) is 0. The highest BCUT2D eigenvalue weighted by Crippen LogP contribution is 2.32. The van der Waals surface area contributed by atoms with E-state index in [0.29, 0.717) is 21.5 Å². The zero-order valence-corrected chi connectivity index (χ0v) is 12.7. The number of rotatable bonds is 1. The summed E-state index contributed by atoms with van der Waals surface area (Å²) in [6, 6.07) is 11.1. The van der Waals surface area contributed by atoms with Crippen LogP contribution in [0.1, 0.15) is 0 Å². The Morgan fingerprint density at radius 2 is 1.89 bits per heavy atom. The second-order valence-corrected chi connectivity index (χ2v) is 5.74. The van der Waals surface area contributed by atoms with Crippen molar-refractivity contribution in [2.24, 2.45) is 0 Å². The zero-order chi connectivity index (χ0) is 13.6. The first-order chi connectivity index (χ1) is 9.08. The fourth-order valence-corrected chi connectivity index (χ4v) is 2.97. The van der Waals surface area contributed by atoms with E-state index >= 15 is 0 Å². The van der Waals surface area contributed by atoms with Crippen molar-refractivity contribution in [3.63, 3.8) is 0 Å². The molecule has 0 aliphatic heterocycles. The normalized spacial score (nSPS) is 11.1. The lowest BCUT2D eigenvalue weighted by Crippen LogP contribution is -2.01. The lowest BCUT2D eigenvalue weighted by Gasteiger charge is -2.09. The molecule has 19 heavy (non-hydrogen) atoms. The van der Waals surface area contributed by atoms with Crippen LogP contribution in [0.2, 0.25) is 10.0 Å². The van der Waals surface area contributed by atoms with Crippen LogP contribution in [0.5, 0.6) is 0 Å². The van der Waals surface area contributed by atoms with Crippen molar-refractivity contribution in [2.75, 3.05) is 5.73 Å². The number of fused-ring (bicyclic) bond motifs is 1. The molecule has 0 fully saturated rings. The summed E-state index contributed by atoms with van der Waals surface area (Å²) < 4.78 is 2.69. The molecule has 6 heteroatoms. The number of nitrogens with zero attached hydrogens (tertiary/aromatic N) is 2. The summed E-state index contributed by atoms with van der Waals surface area (Å²) in [6.45, 7) is 0. The third-order valence-corrected chi connectivity index (χ3v) is 3.91. The maximum absolute atomic E-state index is 6.27. The van der Waals surface area contributed by atoms with Gasteiger partial charge in [-0.05, 0) is 30.3 Å². The summed E-state index contributed by atoms with van der Waals surface area (Å²) in [5, 5.41) is 1.15. The van der Waals surface area contributed by atoms with E-state index in [4.69, 9.17) is 28.9 Å². The summed E-state index contributed by atoms with van der Waals surface area (Å²) in [5.41, 5.74) is 8.25. The maximum Gasteiger partial charge on any atom is 0.206 e. The summed E-state index contributed by atoms with van der Waals surface area (Å²) >= 11 is 15.8. The average Bonchev–Trinajstić information content (AvgIpc) is 2.68. The van der Waals surface area contributed by atoms with Gasteiger partial charge in [-0.3, -0.25) is 4.57 Å². The van der Waals surface area contributed by atoms with E-state index in [0.717, 1.165) is 15.7 Å². The van der Waals surface area contributed by atoms with Gasteiger partial charge in [0.2, 0.25) is 5.95 Å². The number of hydrogen-bond acceptors (Lipinski definition) is 2. The number of anilines is 1. The van der Waals surface area contributed by atoms with Crippen LogP contribution < -0.4 is 5.73 Å².